The third-order valence-electron chi connectivity index (χ3n) is 7.12. The molecule has 5 aliphatic rings. The molecule has 22 heavy (non-hydrogen) atoms. The van der Waals surface area contributed by atoms with E-state index in [0.717, 1.165) is 17.8 Å². The van der Waals surface area contributed by atoms with Crippen LogP contribution in [0.4, 0.5) is 0 Å². The van der Waals surface area contributed by atoms with Crippen LogP contribution in [0, 0.1) is 23.7 Å². The van der Waals surface area contributed by atoms with Crippen molar-refractivity contribution in [3.8, 4) is 0 Å². The lowest BCUT2D eigenvalue weighted by Gasteiger charge is -2.57. The van der Waals surface area contributed by atoms with E-state index in [-0.39, 0.29) is 5.91 Å². The van der Waals surface area contributed by atoms with Crippen molar-refractivity contribution in [3.63, 3.8) is 0 Å². The molecular formula is C19H32N2O. The molecule has 3 nitrogen and oxygen atoms in total. The summed E-state index contributed by atoms with van der Waals surface area (Å²) in [6.07, 6.45) is 13.4. The Labute approximate surface area is 135 Å². The Hall–Kier alpha value is -0.570. The highest BCUT2D eigenvalue weighted by molar-refractivity contribution is 5.78. The standard InChI is InChI=1S/C19H32N2O/c1-13-4-2-3-5-17(13)21-18(22)12-20-19-9-14-6-15(10-19)8-16(7-14)11-19/h13-17,20H,2-12H2,1H3,(H,21,22)/t13-,14?,15?,16?,17-,19?/m1/s1. The summed E-state index contributed by atoms with van der Waals surface area (Å²) in [7, 11) is 0. The first kappa shape index (κ1) is 15.0. The van der Waals surface area contributed by atoms with Gasteiger partial charge in [-0.1, -0.05) is 19.8 Å². The SMILES string of the molecule is C[C@@H]1CCCC[C@H]1NC(=O)CNC12CC3CC(CC(C3)C1)C2. The first-order chi connectivity index (χ1) is 10.6. The van der Waals surface area contributed by atoms with Gasteiger partial charge in [-0.3, -0.25) is 4.79 Å². The second-order valence-corrected chi connectivity index (χ2v) is 8.99. The third-order valence-corrected chi connectivity index (χ3v) is 7.12. The summed E-state index contributed by atoms with van der Waals surface area (Å²) in [5.74, 6) is 3.72. The van der Waals surface area contributed by atoms with Gasteiger partial charge in [-0.25, -0.2) is 0 Å². The lowest BCUT2D eigenvalue weighted by molar-refractivity contribution is -0.122. The van der Waals surface area contributed by atoms with Crippen molar-refractivity contribution in [3.05, 3.63) is 0 Å². The zero-order valence-electron chi connectivity index (χ0n) is 14.1. The van der Waals surface area contributed by atoms with Crippen molar-refractivity contribution in [2.45, 2.75) is 82.7 Å². The van der Waals surface area contributed by atoms with Crippen LogP contribution in [0.2, 0.25) is 0 Å². The summed E-state index contributed by atoms with van der Waals surface area (Å²) in [4.78, 5) is 12.4. The van der Waals surface area contributed by atoms with Gasteiger partial charge in [-0.05, 0) is 75.0 Å². The lowest BCUT2D eigenvalue weighted by Crippen LogP contribution is -2.60. The van der Waals surface area contributed by atoms with Crippen LogP contribution >= 0.6 is 0 Å². The zero-order valence-corrected chi connectivity index (χ0v) is 14.1. The van der Waals surface area contributed by atoms with Crippen LogP contribution in [-0.2, 0) is 4.79 Å². The van der Waals surface area contributed by atoms with Gasteiger partial charge >= 0.3 is 0 Å². The van der Waals surface area contributed by atoms with Crippen LogP contribution in [0.3, 0.4) is 0 Å². The fourth-order valence-electron chi connectivity index (χ4n) is 6.38. The lowest BCUT2D eigenvalue weighted by atomic mass is 9.53. The highest BCUT2D eigenvalue weighted by Crippen LogP contribution is 2.55. The summed E-state index contributed by atoms with van der Waals surface area (Å²) in [6.45, 7) is 2.83. The minimum atomic E-state index is 0.231. The summed E-state index contributed by atoms with van der Waals surface area (Å²) in [6, 6.07) is 0.416. The monoisotopic (exact) mass is 304 g/mol. The van der Waals surface area contributed by atoms with Crippen LogP contribution in [-0.4, -0.2) is 24.0 Å². The van der Waals surface area contributed by atoms with Gasteiger partial charge in [0.25, 0.3) is 0 Å². The predicted octanol–water partition coefficient (Wildman–Crippen LogP) is 3.24. The molecule has 5 fully saturated rings. The molecule has 4 bridgehead atoms. The van der Waals surface area contributed by atoms with E-state index in [9.17, 15) is 4.79 Å². The Bertz CT molecular complexity index is 398. The number of hydrogen-bond acceptors (Lipinski definition) is 2. The zero-order chi connectivity index (χ0) is 15.2. The third kappa shape index (κ3) is 2.93. The fourth-order valence-corrected chi connectivity index (χ4v) is 6.38. The number of amides is 1. The van der Waals surface area contributed by atoms with Crippen LogP contribution < -0.4 is 10.6 Å². The van der Waals surface area contributed by atoms with Gasteiger partial charge < -0.3 is 10.6 Å². The van der Waals surface area contributed by atoms with E-state index >= 15 is 0 Å². The molecule has 0 aliphatic heterocycles. The van der Waals surface area contributed by atoms with Gasteiger partial charge in [0.2, 0.25) is 5.91 Å². The molecule has 0 aromatic rings. The van der Waals surface area contributed by atoms with E-state index in [1.807, 2.05) is 0 Å². The quantitative estimate of drug-likeness (QED) is 0.837. The van der Waals surface area contributed by atoms with Gasteiger partial charge in [-0.2, -0.15) is 0 Å². The maximum absolute atomic E-state index is 12.4. The van der Waals surface area contributed by atoms with Crippen LogP contribution in [0.1, 0.15) is 71.1 Å². The molecule has 5 aliphatic carbocycles. The number of rotatable bonds is 4. The normalized spacial score (nSPS) is 46.7. The molecule has 3 heteroatoms. The number of carbonyl (C=O) groups is 1. The predicted molar refractivity (Wildman–Crippen MR) is 88.5 cm³/mol. The van der Waals surface area contributed by atoms with E-state index in [1.54, 1.807) is 0 Å². The molecule has 0 aromatic heterocycles. The molecule has 0 radical (unpaired) electrons. The molecule has 0 saturated heterocycles. The molecular weight excluding hydrogens is 272 g/mol. The summed E-state index contributed by atoms with van der Waals surface area (Å²) >= 11 is 0. The minimum Gasteiger partial charge on any atom is -0.352 e. The Balaban J connectivity index is 1.30. The molecule has 5 saturated carbocycles. The molecule has 1 amide bonds. The number of hydrogen-bond donors (Lipinski definition) is 2. The number of nitrogens with one attached hydrogen (secondary N) is 2. The van der Waals surface area contributed by atoms with Gasteiger partial charge in [0.15, 0.2) is 0 Å². The molecule has 5 rings (SSSR count). The van der Waals surface area contributed by atoms with Crippen molar-refractivity contribution in [2.75, 3.05) is 6.54 Å². The van der Waals surface area contributed by atoms with Crippen LogP contribution in [0.25, 0.3) is 0 Å². The Morgan fingerprint density at radius 1 is 1.00 bits per heavy atom. The minimum absolute atomic E-state index is 0.231. The first-order valence-electron chi connectivity index (χ1n) is 9.66. The molecule has 0 unspecified atom stereocenters. The molecule has 0 heterocycles. The van der Waals surface area contributed by atoms with E-state index in [2.05, 4.69) is 17.6 Å². The van der Waals surface area contributed by atoms with Crippen molar-refractivity contribution < 1.29 is 4.79 Å². The molecule has 0 aromatic carbocycles. The maximum atomic E-state index is 12.4. The average Bonchev–Trinajstić information content (AvgIpc) is 2.46. The summed E-state index contributed by atoms with van der Waals surface area (Å²) in [5.41, 5.74) is 0.310. The van der Waals surface area contributed by atoms with E-state index < -0.39 is 0 Å². The summed E-state index contributed by atoms with van der Waals surface area (Å²) < 4.78 is 0. The fraction of sp³-hybridized carbons (Fsp3) is 0.947. The second-order valence-electron chi connectivity index (χ2n) is 8.99. The molecule has 124 valence electrons. The molecule has 2 N–H and O–H groups in total. The van der Waals surface area contributed by atoms with E-state index in [1.165, 1.54) is 64.2 Å². The topological polar surface area (TPSA) is 41.1 Å². The second kappa shape index (κ2) is 5.81. The van der Waals surface area contributed by atoms with Crippen molar-refractivity contribution >= 4 is 5.91 Å². The van der Waals surface area contributed by atoms with Crippen LogP contribution in [0.5, 0.6) is 0 Å². The van der Waals surface area contributed by atoms with Crippen molar-refractivity contribution in [1.82, 2.24) is 10.6 Å². The highest BCUT2D eigenvalue weighted by Gasteiger charge is 2.50. The number of carbonyl (C=O) groups excluding carboxylic acids is 1. The van der Waals surface area contributed by atoms with Gasteiger partial charge in [0.05, 0.1) is 6.54 Å². The highest BCUT2D eigenvalue weighted by atomic mass is 16.2. The van der Waals surface area contributed by atoms with Crippen LogP contribution in [0.15, 0.2) is 0 Å². The summed E-state index contributed by atoms with van der Waals surface area (Å²) in [5, 5.41) is 7.02. The van der Waals surface area contributed by atoms with E-state index in [4.69, 9.17) is 0 Å². The molecule has 0 spiro atoms. The van der Waals surface area contributed by atoms with Gasteiger partial charge in [0, 0.05) is 11.6 Å². The average molecular weight is 304 g/mol. The van der Waals surface area contributed by atoms with Crippen molar-refractivity contribution in [1.29, 1.82) is 0 Å². The molecule has 2 atom stereocenters. The maximum Gasteiger partial charge on any atom is 0.234 e. The Morgan fingerprint density at radius 2 is 1.59 bits per heavy atom. The Morgan fingerprint density at radius 3 is 2.18 bits per heavy atom. The largest absolute Gasteiger partial charge is 0.352 e. The smallest absolute Gasteiger partial charge is 0.234 e. The van der Waals surface area contributed by atoms with Gasteiger partial charge in [0.1, 0.15) is 0 Å². The van der Waals surface area contributed by atoms with Crippen molar-refractivity contribution in [2.24, 2.45) is 23.7 Å². The first-order valence-corrected chi connectivity index (χ1v) is 9.66. The van der Waals surface area contributed by atoms with E-state index in [0.29, 0.717) is 24.0 Å². The Kier molecular flexibility index (Phi) is 3.96. The van der Waals surface area contributed by atoms with Gasteiger partial charge in [-0.15, -0.1) is 0 Å².